The van der Waals surface area contributed by atoms with Gasteiger partial charge in [0.25, 0.3) is 0 Å². The third kappa shape index (κ3) is 3.34. The summed E-state index contributed by atoms with van der Waals surface area (Å²) in [7, 11) is 0. The van der Waals surface area contributed by atoms with Crippen molar-refractivity contribution in [3.05, 3.63) is 65.2 Å². The molecule has 1 atom stereocenters. The third-order valence-corrected chi connectivity index (χ3v) is 2.90. The summed E-state index contributed by atoms with van der Waals surface area (Å²) in [5, 5.41) is 18.9. The standard InChI is InChI=1S/C16H15NO2/c1-12-7-8-13(10-17)9-16(12)19-11-15(18)14-5-3-2-4-6-14/h2-9,15,18H,11H2,1H3. The fraction of sp³-hybridized carbons (Fsp3) is 0.188. The first-order valence-corrected chi connectivity index (χ1v) is 6.07. The minimum absolute atomic E-state index is 0.166. The molecule has 0 aliphatic rings. The number of nitriles is 1. The van der Waals surface area contributed by atoms with Gasteiger partial charge >= 0.3 is 0 Å². The molecule has 0 radical (unpaired) electrons. The molecule has 0 saturated heterocycles. The predicted octanol–water partition coefficient (Wildman–Crippen LogP) is 2.98. The van der Waals surface area contributed by atoms with Crippen LogP contribution in [0.1, 0.15) is 22.8 Å². The molecule has 0 saturated carbocycles. The molecular formula is C16H15NO2. The molecule has 2 rings (SSSR count). The largest absolute Gasteiger partial charge is 0.490 e. The highest BCUT2D eigenvalue weighted by Gasteiger charge is 2.09. The van der Waals surface area contributed by atoms with Crippen LogP contribution in [0.4, 0.5) is 0 Å². The van der Waals surface area contributed by atoms with E-state index < -0.39 is 6.10 Å². The zero-order valence-corrected chi connectivity index (χ0v) is 10.7. The second-order valence-corrected chi connectivity index (χ2v) is 4.33. The van der Waals surface area contributed by atoms with Crippen molar-refractivity contribution in [2.75, 3.05) is 6.61 Å². The summed E-state index contributed by atoms with van der Waals surface area (Å²) >= 11 is 0. The van der Waals surface area contributed by atoms with Crippen molar-refractivity contribution >= 4 is 0 Å². The highest BCUT2D eigenvalue weighted by Crippen LogP contribution is 2.21. The van der Waals surface area contributed by atoms with Gasteiger partial charge in [0, 0.05) is 0 Å². The van der Waals surface area contributed by atoms with Crippen molar-refractivity contribution in [2.45, 2.75) is 13.0 Å². The van der Waals surface area contributed by atoms with E-state index >= 15 is 0 Å². The molecule has 19 heavy (non-hydrogen) atoms. The molecule has 0 aliphatic heterocycles. The molecule has 2 aromatic rings. The normalized spacial score (nSPS) is 11.6. The average molecular weight is 253 g/mol. The Hall–Kier alpha value is -2.31. The van der Waals surface area contributed by atoms with Crippen molar-refractivity contribution in [2.24, 2.45) is 0 Å². The Morgan fingerprint density at radius 2 is 1.95 bits per heavy atom. The molecule has 1 unspecified atom stereocenters. The molecule has 1 N–H and O–H groups in total. The van der Waals surface area contributed by atoms with Crippen molar-refractivity contribution in [1.82, 2.24) is 0 Å². The second kappa shape index (κ2) is 6.03. The Kier molecular flexibility index (Phi) is 4.17. The van der Waals surface area contributed by atoms with Gasteiger partial charge < -0.3 is 9.84 Å². The number of rotatable bonds is 4. The minimum atomic E-state index is -0.675. The molecule has 3 nitrogen and oxygen atoms in total. The topological polar surface area (TPSA) is 53.2 Å². The molecule has 0 amide bonds. The fourth-order valence-corrected chi connectivity index (χ4v) is 1.77. The van der Waals surface area contributed by atoms with Crippen LogP contribution >= 0.6 is 0 Å². The number of hydrogen-bond donors (Lipinski definition) is 1. The van der Waals surface area contributed by atoms with Crippen LogP contribution in [-0.2, 0) is 0 Å². The van der Waals surface area contributed by atoms with Crippen LogP contribution in [0.3, 0.4) is 0 Å². The van der Waals surface area contributed by atoms with Crippen molar-refractivity contribution < 1.29 is 9.84 Å². The van der Waals surface area contributed by atoms with Gasteiger partial charge in [-0.25, -0.2) is 0 Å². The minimum Gasteiger partial charge on any atom is -0.490 e. The number of ether oxygens (including phenoxy) is 1. The molecule has 0 fully saturated rings. The van der Waals surface area contributed by atoms with Crippen LogP contribution in [-0.4, -0.2) is 11.7 Å². The first-order valence-electron chi connectivity index (χ1n) is 6.07. The zero-order valence-electron chi connectivity index (χ0n) is 10.7. The summed E-state index contributed by atoms with van der Waals surface area (Å²) in [6.45, 7) is 2.07. The smallest absolute Gasteiger partial charge is 0.123 e. The Morgan fingerprint density at radius 3 is 2.63 bits per heavy atom. The van der Waals surface area contributed by atoms with Gasteiger partial charge in [0.05, 0.1) is 11.6 Å². The highest BCUT2D eigenvalue weighted by molar-refractivity contribution is 5.41. The second-order valence-electron chi connectivity index (χ2n) is 4.33. The van der Waals surface area contributed by atoms with Crippen LogP contribution < -0.4 is 4.74 Å². The van der Waals surface area contributed by atoms with Crippen molar-refractivity contribution in [1.29, 1.82) is 5.26 Å². The van der Waals surface area contributed by atoms with E-state index in [4.69, 9.17) is 10.00 Å². The molecule has 0 spiro atoms. The average Bonchev–Trinajstić information content (AvgIpc) is 2.47. The lowest BCUT2D eigenvalue weighted by atomic mass is 10.1. The first kappa shape index (κ1) is 13.1. The van der Waals surface area contributed by atoms with E-state index in [-0.39, 0.29) is 6.61 Å². The van der Waals surface area contributed by atoms with Crippen molar-refractivity contribution in [3.63, 3.8) is 0 Å². The number of nitrogens with zero attached hydrogens (tertiary/aromatic N) is 1. The summed E-state index contributed by atoms with van der Waals surface area (Å²) in [4.78, 5) is 0. The van der Waals surface area contributed by atoms with E-state index in [1.54, 1.807) is 12.1 Å². The molecule has 0 aliphatic carbocycles. The van der Waals surface area contributed by atoms with Crippen LogP contribution in [0, 0.1) is 18.3 Å². The lowest BCUT2D eigenvalue weighted by Crippen LogP contribution is -2.10. The van der Waals surface area contributed by atoms with Gasteiger partial charge in [-0.2, -0.15) is 5.26 Å². The van der Waals surface area contributed by atoms with Crippen LogP contribution in [0.15, 0.2) is 48.5 Å². The predicted molar refractivity (Wildman–Crippen MR) is 72.8 cm³/mol. The molecule has 96 valence electrons. The monoisotopic (exact) mass is 253 g/mol. The van der Waals surface area contributed by atoms with Gasteiger partial charge in [-0.1, -0.05) is 36.4 Å². The van der Waals surface area contributed by atoms with Crippen LogP contribution in [0.5, 0.6) is 5.75 Å². The number of aliphatic hydroxyl groups excluding tert-OH is 1. The van der Waals surface area contributed by atoms with E-state index in [1.807, 2.05) is 43.3 Å². The summed E-state index contributed by atoms with van der Waals surface area (Å²) < 4.78 is 5.59. The maximum atomic E-state index is 10.0. The quantitative estimate of drug-likeness (QED) is 0.911. The summed E-state index contributed by atoms with van der Waals surface area (Å²) in [5.74, 6) is 0.633. The third-order valence-electron chi connectivity index (χ3n) is 2.90. The van der Waals surface area contributed by atoms with Gasteiger partial charge in [0.1, 0.15) is 18.5 Å². The van der Waals surface area contributed by atoms with Crippen molar-refractivity contribution in [3.8, 4) is 11.8 Å². The van der Waals surface area contributed by atoms with E-state index in [0.29, 0.717) is 11.3 Å². The maximum Gasteiger partial charge on any atom is 0.123 e. The van der Waals surface area contributed by atoms with Gasteiger partial charge in [-0.05, 0) is 30.2 Å². The van der Waals surface area contributed by atoms with Gasteiger partial charge in [-0.15, -0.1) is 0 Å². The van der Waals surface area contributed by atoms with E-state index in [2.05, 4.69) is 6.07 Å². The maximum absolute atomic E-state index is 10.0. The Balaban J connectivity index is 2.05. The van der Waals surface area contributed by atoms with Gasteiger partial charge in [0.15, 0.2) is 0 Å². The zero-order chi connectivity index (χ0) is 13.7. The van der Waals surface area contributed by atoms with E-state index in [9.17, 15) is 5.11 Å². The lowest BCUT2D eigenvalue weighted by molar-refractivity contribution is 0.108. The lowest BCUT2D eigenvalue weighted by Gasteiger charge is -2.14. The summed E-state index contributed by atoms with van der Waals surface area (Å²) in [6.07, 6.45) is -0.675. The summed E-state index contributed by atoms with van der Waals surface area (Å²) in [5.41, 5.74) is 2.31. The molecular weight excluding hydrogens is 238 g/mol. The number of aliphatic hydroxyl groups is 1. The number of benzene rings is 2. The van der Waals surface area contributed by atoms with Gasteiger partial charge in [0.2, 0.25) is 0 Å². The molecule has 3 heteroatoms. The SMILES string of the molecule is Cc1ccc(C#N)cc1OCC(O)c1ccccc1. The Labute approximate surface area is 112 Å². The molecule has 2 aromatic carbocycles. The molecule has 0 heterocycles. The van der Waals surface area contributed by atoms with Gasteiger partial charge in [-0.3, -0.25) is 0 Å². The Bertz CT molecular complexity index is 587. The first-order chi connectivity index (χ1) is 9.20. The number of aryl methyl sites for hydroxylation is 1. The van der Waals surface area contributed by atoms with E-state index in [1.165, 1.54) is 0 Å². The summed E-state index contributed by atoms with van der Waals surface area (Å²) in [6, 6.07) is 16.7. The van der Waals surface area contributed by atoms with Crippen LogP contribution in [0.25, 0.3) is 0 Å². The molecule has 0 aromatic heterocycles. The molecule has 0 bridgehead atoms. The fourth-order valence-electron chi connectivity index (χ4n) is 1.77. The Morgan fingerprint density at radius 1 is 1.21 bits per heavy atom. The number of hydrogen-bond acceptors (Lipinski definition) is 3. The van der Waals surface area contributed by atoms with Crippen LogP contribution in [0.2, 0.25) is 0 Å². The highest BCUT2D eigenvalue weighted by atomic mass is 16.5. The van der Waals surface area contributed by atoms with E-state index in [0.717, 1.165) is 11.1 Å².